The van der Waals surface area contributed by atoms with Gasteiger partial charge in [0.05, 0.1) is 12.5 Å². The van der Waals surface area contributed by atoms with Crippen molar-refractivity contribution in [1.82, 2.24) is 9.88 Å². The second kappa shape index (κ2) is 12.4. The molecule has 0 saturated carbocycles. The highest BCUT2D eigenvalue weighted by Gasteiger charge is 2.60. The molecule has 6 rings (SSSR count). The lowest BCUT2D eigenvalue weighted by atomic mass is 9.92. The van der Waals surface area contributed by atoms with Crippen LogP contribution in [0.5, 0.6) is 5.75 Å². The Balaban J connectivity index is 1.56. The second-order valence-electron chi connectivity index (χ2n) is 10.8. The Hall–Kier alpha value is -3.87. The zero-order valence-electron chi connectivity index (χ0n) is 23.6. The summed E-state index contributed by atoms with van der Waals surface area (Å²) < 4.78 is 75.8. The lowest BCUT2D eigenvalue weighted by Crippen LogP contribution is -2.44. The standard InChI is InChI=1S/C33H21BrClF5N2O3S/c1-16-2-9-20(10-3-16)46-33(32(44)45-30-28(39)26(37)25(36)27(38)29(30)40)13-24(43)42(15-17-4-6-18(34)7-5-17)31(33)22-14-41-23-12-19(35)8-11-21(22)23/h2-12,14,31,41H,13,15H2,1H3/t31-,33?/m0/s1. The molecule has 1 unspecified atom stereocenters. The summed E-state index contributed by atoms with van der Waals surface area (Å²) in [6.07, 6.45) is 1.07. The number of hydrogen-bond donors (Lipinski definition) is 1. The molecule has 1 amide bonds. The number of aryl methyl sites for hydroxylation is 1. The monoisotopic (exact) mass is 734 g/mol. The number of nitrogens with one attached hydrogen (secondary N) is 1. The first-order valence-electron chi connectivity index (χ1n) is 13.7. The van der Waals surface area contributed by atoms with Crippen molar-refractivity contribution in [2.24, 2.45) is 0 Å². The van der Waals surface area contributed by atoms with E-state index in [1.165, 1.54) is 4.90 Å². The van der Waals surface area contributed by atoms with Gasteiger partial charge in [0.15, 0.2) is 4.75 Å². The number of esters is 1. The molecular weight excluding hydrogens is 715 g/mol. The third-order valence-electron chi connectivity index (χ3n) is 7.75. The highest BCUT2D eigenvalue weighted by atomic mass is 79.9. The highest BCUT2D eigenvalue weighted by molar-refractivity contribution is 9.10. The van der Waals surface area contributed by atoms with Crippen LogP contribution in [0.15, 0.2) is 82.3 Å². The van der Waals surface area contributed by atoms with Gasteiger partial charge in [0, 0.05) is 43.6 Å². The van der Waals surface area contributed by atoms with Crippen LogP contribution in [0.2, 0.25) is 5.02 Å². The fourth-order valence-electron chi connectivity index (χ4n) is 5.54. The van der Waals surface area contributed by atoms with E-state index in [0.29, 0.717) is 31.9 Å². The van der Waals surface area contributed by atoms with Gasteiger partial charge in [-0.1, -0.05) is 63.4 Å². The van der Waals surface area contributed by atoms with Crippen molar-refractivity contribution < 1.29 is 36.3 Å². The third kappa shape index (κ3) is 5.67. The van der Waals surface area contributed by atoms with Crippen LogP contribution in [0.4, 0.5) is 22.0 Å². The molecule has 1 aliphatic rings. The van der Waals surface area contributed by atoms with Crippen LogP contribution in [0.3, 0.4) is 0 Å². The van der Waals surface area contributed by atoms with Crippen LogP contribution in [0, 0.1) is 36.0 Å². The molecule has 0 spiro atoms. The highest BCUT2D eigenvalue weighted by Crippen LogP contribution is 2.55. The Kier molecular flexibility index (Phi) is 8.64. The molecule has 2 heterocycles. The predicted molar refractivity (Wildman–Crippen MR) is 167 cm³/mol. The lowest BCUT2D eigenvalue weighted by Gasteiger charge is -2.35. The van der Waals surface area contributed by atoms with Crippen LogP contribution < -0.4 is 4.74 Å². The van der Waals surface area contributed by atoms with Crippen molar-refractivity contribution >= 4 is 62.1 Å². The number of carbonyl (C=O) groups is 2. The maximum Gasteiger partial charge on any atom is 0.331 e. The number of amides is 1. The van der Waals surface area contributed by atoms with E-state index in [-0.39, 0.29) is 6.54 Å². The second-order valence-corrected chi connectivity index (χ2v) is 13.5. The largest absolute Gasteiger partial charge is 0.419 e. The van der Waals surface area contributed by atoms with E-state index >= 15 is 0 Å². The normalized spacial score (nSPS) is 18.0. The van der Waals surface area contributed by atoms with Gasteiger partial charge in [-0.25, -0.2) is 18.0 Å². The Morgan fingerprint density at radius 1 is 0.978 bits per heavy atom. The molecule has 236 valence electrons. The van der Waals surface area contributed by atoms with Gasteiger partial charge < -0.3 is 14.6 Å². The molecule has 13 heteroatoms. The average Bonchev–Trinajstić information content (AvgIpc) is 3.56. The van der Waals surface area contributed by atoms with Crippen LogP contribution in [-0.2, 0) is 16.1 Å². The molecule has 5 aromatic rings. The molecule has 2 atom stereocenters. The van der Waals surface area contributed by atoms with Gasteiger partial charge in [0.1, 0.15) is 0 Å². The number of halogens is 7. The van der Waals surface area contributed by atoms with Gasteiger partial charge in [-0.15, -0.1) is 11.8 Å². The average molecular weight is 736 g/mol. The Labute approximate surface area is 276 Å². The van der Waals surface area contributed by atoms with E-state index in [4.69, 9.17) is 16.3 Å². The van der Waals surface area contributed by atoms with E-state index in [9.17, 15) is 31.5 Å². The number of H-pyrrole nitrogens is 1. The summed E-state index contributed by atoms with van der Waals surface area (Å²) in [7, 11) is 0. The minimum Gasteiger partial charge on any atom is -0.419 e. The molecule has 0 radical (unpaired) electrons. The van der Waals surface area contributed by atoms with Crippen molar-refractivity contribution in [2.75, 3.05) is 0 Å². The first-order chi connectivity index (χ1) is 21.9. The topological polar surface area (TPSA) is 62.4 Å². The van der Waals surface area contributed by atoms with Crippen LogP contribution in [0.1, 0.15) is 29.2 Å². The van der Waals surface area contributed by atoms with E-state index in [0.717, 1.165) is 21.8 Å². The lowest BCUT2D eigenvalue weighted by molar-refractivity contribution is -0.138. The number of nitrogens with zero attached hydrogens (tertiary/aromatic N) is 1. The fraction of sp³-hybridized carbons (Fsp3) is 0.152. The zero-order valence-corrected chi connectivity index (χ0v) is 26.8. The maximum absolute atomic E-state index is 14.8. The Morgan fingerprint density at radius 2 is 1.61 bits per heavy atom. The van der Waals surface area contributed by atoms with E-state index in [2.05, 4.69) is 20.9 Å². The fourth-order valence-corrected chi connectivity index (χ4v) is 7.35. The SMILES string of the molecule is Cc1ccc(SC2(C(=O)Oc3c(F)c(F)c(F)c(F)c3F)CC(=O)N(Cc3ccc(Br)cc3)[C@H]2c2c[nH]c3cc(Cl)ccc23)cc1. The van der Waals surface area contributed by atoms with Gasteiger partial charge in [-0.05, 0) is 48.9 Å². The van der Waals surface area contributed by atoms with Crippen molar-refractivity contribution in [3.63, 3.8) is 0 Å². The minimum absolute atomic E-state index is 0.0169. The van der Waals surface area contributed by atoms with Crippen LogP contribution in [0.25, 0.3) is 10.9 Å². The summed E-state index contributed by atoms with van der Waals surface area (Å²) in [5.74, 6) is -15.2. The molecule has 1 N–H and O–H groups in total. The molecule has 1 fully saturated rings. The molecule has 46 heavy (non-hydrogen) atoms. The number of aromatic amines is 1. The van der Waals surface area contributed by atoms with Crippen molar-refractivity contribution in [1.29, 1.82) is 0 Å². The third-order valence-corrected chi connectivity index (χ3v) is 9.93. The quantitative estimate of drug-likeness (QED) is 0.0596. The van der Waals surface area contributed by atoms with Gasteiger partial charge in [-0.3, -0.25) is 4.79 Å². The molecule has 0 bridgehead atoms. The number of rotatable bonds is 7. The maximum atomic E-state index is 14.8. The number of ether oxygens (including phenoxy) is 1. The van der Waals surface area contributed by atoms with E-state index < -0.39 is 63.9 Å². The minimum atomic E-state index is -2.40. The number of likely N-dealkylation sites (tertiary alicyclic amines) is 1. The van der Waals surface area contributed by atoms with Gasteiger partial charge in [0.25, 0.3) is 0 Å². The number of thioether (sulfide) groups is 1. The number of carbonyl (C=O) groups excluding carboxylic acids is 2. The molecule has 1 aromatic heterocycles. The summed E-state index contributed by atoms with van der Waals surface area (Å²) in [6, 6.07) is 17.9. The Morgan fingerprint density at radius 3 is 2.26 bits per heavy atom. The number of fused-ring (bicyclic) bond motifs is 1. The van der Waals surface area contributed by atoms with Crippen LogP contribution in [-0.4, -0.2) is 26.5 Å². The van der Waals surface area contributed by atoms with Gasteiger partial charge in [-0.2, -0.15) is 8.78 Å². The summed E-state index contributed by atoms with van der Waals surface area (Å²) in [5, 5.41) is 1.00. The molecule has 0 aliphatic carbocycles. The summed E-state index contributed by atoms with van der Waals surface area (Å²) in [5.41, 5.74) is 2.62. The van der Waals surface area contributed by atoms with E-state index in [1.54, 1.807) is 72.9 Å². The smallest absolute Gasteiger partial charge is 0.331 e. The number of hydrogen-bond acceptors (Lipinski definition) is 4. The van der Waals surface area contributed by atoms with Crippen molar-refractivity contribution in [2.45, 2.75) is 35.6 Å². The molecular formula is C33H21BrClF5N2O3S. The van der Waals surface area contributed by atoms with Crippen LogP contribution >= 0.6 is 39.3 Å². The van der Waals surface area contributed by atoms with Gasteiger partial charge >= 0.3 is 5.97 Å². The van der Waals surface area contributed by atoms with Crippen molar-refractivity contribution in [3.8, 4) is 5.75 Å². The number of aromatic nitrogens is 1. The Bertz CT molecular complexity index is 1980. The number of benzene rings is 4. The molecule has 4 aromatic carbocycles. The zero-order chi connectivity index (χ0) is 32.9. The van der Waals surface area contributed by atoms with Crippen molar-refractivity contribution in [3.05, 3.63) is 128 Å². The first-order valence-corrected chi connectivity index (χ1v) is 15.7. The van der Waals surface area contributed by atoms with E-state index in [1.807, 2.05) is 6.92 Å². The first kappa shape index (κ1) is 32.1. The summed E-state index contributed by atoms with van der Waals surface area (Å²) >= 11 is 10.5. The summed E-state index contributed by atoms with van der Waals surface area (Å²) in [6.45, 7) is 1.86. The molecule has 1 saturated heterocycles. The molecule has 1 aliphatic heterocycles. The van der Waals surface area contributed by atoms with Gasteiger partial charge in [0.2, 0.25) is 40.7 Å². The molecule has 5 nitrogen and oxygen atoms in total. The predicted octanol–water partition coefficient (Wildman–Crippen LogP) is 9.20. The summed E-state index contributed by atoms with van der Waals surface area (Å²) in [4.78, 5) is 33.4.